The quantitative estimate of drug-likeness (QED) is 0.129. The number of para-hydroxylation sites is 2. The van der Waals surface area contributed by atoms with Crippen molar-refractivity contribution in [3.05, 3.63) is 315 Å². The van der Waals surface area contributed by atoms with E-state index in [1.165, 1.54) is 133 Å². The van der Waals surface area contributed by atoms with Gasteiger partial charge in [-0.05, 0) is 162 Å². The monoisotopic (exact) mass is 1020 g/mol. The van der Waals surface area contributed by atoms with Crippen LogP contribution < -0.4 is 0 Å². The average molecular weight is 1020 g/mol. The molecule has 0 bridgehead atoms. The maximum absolute atomic E-state index is 2.41. The van der Waals surface area contributed by atoms with Crippen LogP contribution in [0.4, 0.5) is 0 Å². The fraction of sp³-hybridized carbons (Fsp3) is 0. The molecule has 0 spiro atoms. The highest BCUT2D eigenvalue weighted by Crippen LogP contribution is 2.40. The first-order valence-electron chi connectivity index (χ1n) is 27.5. The van der Waals surface area contributed by atoms with Crippen molar-refractivity contribution in [3.8, 4) is 100 Å². The Hall–Kier alpha value is -10.5. The molecule has 2 heterocycles. The number of fused-ring (bicyclic) bond motifs is 6. The molecule has 0 radical (unpaired) electrons. The lowest BCUT2D eigenvalue weighted by molar-refractivity contribution is 1.18. The maximum atomic E-state index is 2.41. The number of hydrogen-bond acceptors (Lipinski definition) is 0. The Labute approximate surface area is 466 Å². The van der Waals surface area contributed by atoms with E-state index in [2.05, 4.69) is 325 Å². The zero-order valence-electron chi connectivity index (χ0n) is 43.9. The van der Waals surface area contributed by atoms with Gasteiger partial charge in [-0.25, -0.2) is 0 Å². The predicted molar refractivity (Wildman–Crippen MR) is 339 cm³/mol. The largest absolute Gasteiger partial charge is 0.309 e. The van der Waals surface area contributed by atoms with E-state index in [1.54, 1.807) is 0 Å². The average Bonchev–Trinajstić information content (AvgIpc) is 4.12. The van der Waals surface area contributed by atoms with Crippen molar-refractivity contribution in [2.75, 3.05) is 0 Å². The first-order chi connectivity index (χ1) is 39.6. The number of nitrogens with zero attached hydrogens (tertiary/aromatic N) is 2. The molecule has 0 N–H and O–H groups in total. The van der Waals surface area contributed by atoms with Crippen molar-refractivity contribution in [2.24, 2.45) is 0 Å². The lowest BCUT2D eigenvalue weighted by atomic mass is 9.94. The van der Waals surface area contributed by atoms with Crippen LogP contribution in [-0.2, 0) is 0 Å². The lowest BCUT2D eigenvalue weighted by Crippen LogP contribution is -1.94. The Balaban J connectivity index is 0.677. The molecule has 0 saturated carbocycles. The zero-order valence-corrected chi connectivity index (χ0v) is 43.9. The molecular weight excluding hydrogens is 965 g/mol. The molecule has 13 aromatic carbocycles. The summed E-state index contributed by atoms with van der Waals surface area (Å²) < 4.78 is 4.82. The lowest BCUT2D eigenvalue weighted by Gasteiger charge is -2.11. The molecule has 0 aliphatic carbocycles. The van der Waals surface area contributed by atoms with Crippen molar-refractivity contribution in [1.82, 2.24) is 9.13 Å². The zero-order chi connectivity index (χ0) is 52.9. The van der Waals surface area contributed by atoms with Crippen LogP contribution >= 0.6 is 0 Å². The summed E-state index contributed by atoms with van der Waals surface area (Å²) in [4.78, 5) is 0. The highest BCUT2D eigenvalue weighted by Gasteiger charge is 2.17. The molecule has 0 fully saturated rings. The summed E-state index contributed by atoms with van der Waals surface area (Å²) in [6.45, 7) is 0. The van der Waals surface area contributed by atoms with Crippen LogP contribution in [0.25, 0.3) is 144 Å². The third-order valence-electron chi connectivity index (χ3n) is 16.2. The Morgan fingerprint density at radius 3 is 0.838 bits per heavy atom. The van der Waals surface area contributed by atoms with Crippen molar-refractivity contribution in [3.63, 3.8) is 0 Å². The number of aromatic nitrogens is 2. The van der Waals surface area contributed by atoms with Gasteiger partial charge in [-0.3, -0.25) is 0 Å². The minimum Gasteiger partial charge on any atom is -0.309 e. The van der Waals surface area contributed by atoms with Crippen molar-refractivity contribution < 1.29 is 0 Å². The van der Waals surface area contributed by atoms with E-state index in [1.807, 2.05) is 0 Å². The molecule has 0 atom stereocenters. The van der Waals surface area contributed by atoms with E-state index in [9.17, 15) is 0 Å². The molecule has 2 aromatic heterocycles. The molecule has 0 saturated heterocycles. The van der Waals surface area contributed by atoms with E-state index in [4.69, 9.17) is 0 Å². The Kier molecular flexibility index (Phi) is 11.6. The van der Waals surface area contributed by atoms with Crippen LogP contribution in [0.3, 0.4) is 0 Å². The van der Waals surface area contributed by atoms with Crippen LogP contribution in [0.15, 0.2) is 315 Å². The Bertz CT molecular complexity index is 4760. The fourth-order valence-electron chi connectivity index (χ4n) is 12.1. The molecule has 2 nitrogen and oxygen atoms in total. The van der Waals surface area contributed by atoms with Crippen LogP contribution in [0.5, 0.6) is 0 Å². The predicted octanol–water partition coefficient (Wildman–Crippen LogP) is 21.2. The molecule has 2 heteroatoms. The van der Waals surface area contributed by atoms with E-state index in [0.29, 0.717) is 0 Å². The summed E-state index contributed by atoms with van der Waals surface area (Å²) in [7, 11) is 0. The second kappa shape index (κ2) is 19.8. The number of benzene rings is 13. The summed E-state index contributed by atoms with van der Waals surface area (Å²) in [5.41, 5.74) is 26.3. The molecule has 15 rings (SSSR count). The SMILES string of the molecule is c1ccc(-c2ccc(-c3ccc(-c4cccc(-c5cccc(-c6ccc(-c7ccc(-n8c9ccccc9c9cc(-c%10ccc%11c(c%10)c%10ccccc%10n%11-c%10cccc(-c%11ccccc%11)c%10)ccc98)cc7)cc6)c5)c4)cc3)cc2)cc1. The summed E-state index contributed by atoms with van der Waals surface area (Å²) in [5.74, 6) is 0. The highest BCUT2D eigenvalue weighted by molar-refractivity contribution is 6.13. The van der Waals surface area contributed by atoms with Gasteiger partial charge < -0.3 is 9.13 Å². The van der Waals surface area contributed by atoms with Gasteiger partial charge in [0.2, 0.25) is 0 Å². The minimum atomic E-state index is 1.14. The van der Waals surface area contributed by atoms with E-state index in [0.717, 1.165) is 11.4 Å². The second-order valence-electron chi connectivity index (χ2n) is 20.9. The Morgan fingerprint density at radius 2 is 0.400 bits per heavy atom. The normalized spacial score (nSPS) is 11.5. The van der Waals surface area contributed by atoms with Gasteiger partial charge in [0.25, 0.3) is 0 Å². The van der Waals surface area contributed by atoms with E-state index < -0.39 is 0 Å². The van der Waals surface area contributed by atoms with Crippen LogP contribution in [0.2, 0.25) is 0 Å². The summed E-state index contributed by atoms with van der Waals surface area (Å²) in [6, 6.07) is 115. The summed E-state index contributed by atoms with van der Waals surface area (Å²) in [6.07, 6.45) is 0. The van der Waals surface area contributed by atoms with Crippen molar-refractivity contribution >= 4 is 43.6 Å². The third kappa shape index (κ3) is 8.48. The van der Waals surface area contributed by atoms with Gasteiger partial charge in [-0.2, -0.15) is 0 Å². The Morgan fingerprint density at radius 1 is 0.138 bits per heavy atom. The van der Waals surface area contributed by atoms with Crippen LogP contribution in [0.1, 0.15) is 0 Å². The first-order valence-corrected chi connectivity index (χ1v) is 27.5. The van der Waals surface area contributed by atoms with Gasteiger partial charge >= 0.3 is 0 Å². The van der Waals surface area contributed by atoms with Gasteiger partial charge in [-0.15, -0.1) is 0 Å². The van der Waals surface area contributed by atoms with E-state index >= 15 is 0 Å². The first kappa shape index (κ1) is 46.7. The molecule has 374 valence electrons. The molecule has 15 aromatic rings. The van der Waals surface area contributed by atoms with Gasteiger partial charge in [0, 0.05) is 32.9 Å². The van der Waals surface area contributed by atoms with Crippen molar-refractivity contribution in [1.29, 1.82) is 0 Å². The summed E-state index contributed by atoms with van der Waals surface area (Å²) in [5, 5.41) is 4.97. The molecule has 80 heavy (non-hydrogen) atoms. The standard InChI is InChI=1S/C78H52N2/c1-3-14-53(15-4-1)55-28-30-56(31-29-55)57-32-36-60(37-33-57)62-18-11-20-64(48-62)65-21-12-19-63(49-65)61-38-34-58(35-39-61)59-40-44-69(45-41-59)79-75-26-9-7-24-71(75)73-51-67(42-46-77(73)79)68-43-47-78-74(52-68)72-25-8-10-27-76(72)80(78)70-23-13-22-66(50-70)54-16-5-2-6-17-54/h1-52H. The van der Waals surface area contributed by atoms with Gasteiger partial charge in [-0.1, -0.05) is 243 Å². The minimum absolute atomic E-state index is 1.14. The smallest absolute Gasteiger partial charge is 0.0541 e. The van der Waals surface area contributed by atoms with Crippen molar-refractivity contribution in [2.45, 2.75) is 0 Å². The van der Waals surface area contributed by atoms with E-state index in [-0.39, 0.29) is 0 Å². The molecule has 0 aliphatic heterocycles. The number of rotatable bonds is 10. The van der Waals surface area contributed by atoms with Gasteiger partial charge in [0.15, 0.2) is 0 Å². The molecule has 0 aliphatic rings. The van der Waals surface area contributed by atoms with Crippen LogP contribution in [0, 0.1) is 0 Å². The fourth-order valence-corrected chi connectivity index (χ4v) is 12.1. The molecule has 0 unspecified atom stereocenters. The number of hydrogen-bond donors (Lipinski definition) is 0. The van der Waals surface area contributed by atoms with Gasteiger partial charge in [0.05, 0.1) is 22.1 Å². The van der Waals surface area contributed by atoms with Crippen LogP contribution in [-0.4, -0.2) is 9.13 Å². The van der Waals surface area contributed by atoms with Gasteiger partial charge in [0.1, 0.15) is 0 Å². The third-order valence-corrected chi connectivity index (χ3v) is 16.2. The molecular formula is C78H52N2. The topological polar surface area (TPSA) is 9.86 Å². The summed E-state index contributed by atoms with van der Waals surface area (Å²) >= 11 is 0. The molecule has 0 amide bonds. The maximum Gasteiger partial charge on any atom is 0.0541 e. The highest BCUT2D eigenvalue weighted by atomic mass is 15.0. The second-order valence-corrected chi connectivity index (χ2v) is 20.9.